The summed E-state index contributed by atoms with van der Waals surface area (Å²) < 4.78 is 28.2. The molecule has 0 bridgehead atoms. The quantitative estimate of drug-likeness (QED) is 0.902. The van der Waals surface area contributed by atoms with Crippen molar-refractivity contribution in [3.8, 4) is 0 Å². The minimum absolute atomic E-state index is 0.263. The Morgan fingerprint density at radius 2 is 2.10 bits per heavy atom. The number of anilines is 1. The van der Waals surface area contributed by atoms with E-state index in [2.05, 4.69) is 9.88 Å². The van der Waals surface area contributed by atoms with Crippen LogP contribution in [0.3, 0.4) is 0 Å². The highest BCUT2D eigenvalue weighted by Crippen LogP contribution is 2.53. The van der Waals surface area contributed by atoms with Crippen molar-refractivity contribution in [3.05, 3.63) is 52.9 Å². The monoisotopic (exact) mass is 288 g/mol. The van der Waals surface area contributed by atoms with Gasteiger partial charge in [-0.05, 0) is 49.4 Å². The van der Waals surface area contributed by atoms with Gasteiger partial charge in [0.1, 0.15) is 5.69 Å². The maximum atomic E-state index is 13.2. The van der Waals surface area contributed by atoms with Crippen molar-refractivity contribution in [1.82, 2.24) is 4.57 Å². The van der Waals surface area contributed by atoms with Gasteiger partial charge in [-0.15, -0.1) is 0 Å². The van der Waals surface area contributed by atoms with Crippen molar-refractivity contribution in [2.24, 2.45) is 5.92 Å². The zero-order valence-electron chi connectivity index (χ0n) is 11.5. The van der Waals surface area contributed by atoms with E-state index in [1.54, 1.807) is 0 Å². The van der Waals surface area contributed by atoms with E-state index in [9.17, 15) is 13.6 Å². The molecule has 2 atom stereocenters. The highest BCUT2D eigenvalue weighted by atomic mass is 19.2. The van der Waals surface area contributed by atoms with E-state index >= 15 is 0 Å². The van der Waals surface area contributed by atoms with E-state index < -0.39 is 11.6 Å². The van der Waals surface area contributed by atoms with Crippen LogP contribution in [0.2, 0.25) is 0 Å². The molecule has 21 heavy (non-hydrogen) atoms. The fourth-order valence-corrected chi connectivity index (χ4v) is 3.35. The van der Waals surface area contributed by atoms with Crippen molar-refractivity contribution in [1.29, 1.82) is 0 Å². The zero-order valence-corrected chi connectivity index (χ0v) is 11.5. The van der Waals surface area contributed by atoms with Gasteiger partial charge >= 0.3 is 0 Å². The molecule has 2 heterocycles. The highest BCUT2D eigenvalue weighted by molar-refractivity contribution is 6.04. The van der Waals surface area contributed by atoms with Crippen LogP contribution in [-0.4, -0.2) is 10.5 Å². The minimum atomic E-state index is -0.966. The lowest BCUT2D eigenvalue weighted by molar-refractivity contribution is 0.101. The van der Waals surface area contributed by atoms with Gasteiger partial charge in [0.05, 0.1) is 0 Å². The molecular formula is C16H14F2N2O. The van der Waals surface area contributed by atoms with E-state index in [1.807, 2.05) is 13.0 Å². The topological polar surface area (TPSA) is 34.0 Å². The molecule has 2 aliphatic rings. The summed E-state index contributed by atoms with van der Waals surface area (Å²) in [6.45, 7) is 1.91. The number of amides is 1. The number of rotatable bonds is 2. The summed E-state index contributed by atoms with van der Waals surface area (Å²) >= 11 is 0. The predicted octanol–water partition coefficient (Wildman–Crippen LogP) is 3.44. The highest BCUT2D eigenvalue weighted by Gasteiger charge is 2.47. The Balaban J connectivity index is 1.65. The van der Waals surface area contributed by atoms with Crippen molar-refractivity contribution >= 4 is 11.6 Å². The largest absolute Gasteiger partial charge is 0.337 e. The second-order valence-electron chi connectivity index (χ2n) is 5.89. The third kappa shape index (κ3) is 1.87. The van der Waals surface area contributed by atoms with Gasteiger partial charge < -0.3 is 9.88 Å². The Bertz CT molecular complexity index is 766. The second kappa shape index (κ2) is 4.16. The molecule has 2 unspecified atom stereocenters. The lowest BCUT2D eigenvalue weighted by Gasteiger charge is -2.10. The zero-order chi connectivity index (χ0) is 14.7. The lowest BCUT2D eigenvalue weighted by atomic mass is 10.2. The number of aromatic nitrogens is 1. The maximum absolute atomic E-state index is 13.2. The molecule has 1 aliphatic carbocycles. The molecule has 0 spiro atoms. The van der Waals surface area contributed by atoms with Crippen LogP contribution in [0.25, 0.3) is 0 Å². The van der Waals surface area contributed by atoms with Gasteiger partial charge in [0.15, 0.2) is 11.6 Å². The number of hydrogen-bond acceptors (Lipinski definition) is 1. The first-order valence-corrected chi connectivity index (χ1v) is 7.01. The lowest BCUT2D eigenvalue weighted by Crippen LogP contribution is -2.18. The third-order valence-corrected chi connectivity index (χ3v) is 4.39. The Kier molecular flexibility index (Phi) is 2.49. The summed E-state index contributed by atoms with van der Waals surface area (Å²) in [5, 5.41) is 2.66. The van der Waals surface area contributed by atoms with Crippen LogP contribution in [0, 0.1) is 24.5 Å². The normalized spacial score (nSPS) is 21.9. The fourth-order valence-electron chi connectivity index (χ4n) is 3.35. The molecular weight excluding hydrogens is 274 g/mol. The standard InChI is InChI=1S/C16H14F2N2O/c1-8-4-11-5-9-6-14(9)20(11)15(8)16(21)19-10-2-3-12(17)13(18)7-10/h2-4,7,9,14H,5-6H2,1H3,(H,19,21). The third-order valence-electron chi connectivity index (χ3n) is 4.39. The van der Waals surface area contributed by atoms with Crippen molar-refractivity contribution < 1.29 is 13.6 Å². The van der Waals surface area contributed by atoms with E-state index in [0.29, 0.717) is 17.7 Å². The first kappa shape index (κ1) is 12.6. The number of nitrogens with zero attached hydrogens (tertiary/aromatic N) is 1. The Hall–Kier alpha value is -2.17. The number of fused-ring (bicyclic) bond motifs is 3. The Morgan fingerprint density at radius 3 is 2.86 bits per heavy atom. The smallest absolute Gasteiger partial charge is 0.272 e. The van der Waals surface area contributed by atoms with E-state index in [4.69, 9.17) is 0 Å². The number of nitrogens with one attached hydrogen (secondary N) is 1. The molecule has 1 N–H and O–H groups in total. The van der Waals surface area contributed by atoms with Crippen molar-refractivity contribution in [2.75, 3.05) is 5.32 Å². The Labute approximate surface area is 120 Å². The van der Waals surface area contributed by atoms with Gasteiger partial charge in [-0.25, -0.2) is 8.78 Å². The summed E-state index contributed by atoms with van der Waals surface area (Å²) in [6, 6.07) is 5.86. The van der Waals surface area contributed by atoms with Crippen LogP contribution in [0.1, 0.15) is 34.2 Å². The van der Waals surface area contributed by atoms with Crippen LogP contribution >= 0.6 is 0 Å². The summed E-state index contributed by atoms with van der Waals surface area (Å²) in [4.78, 5) is 12.5. The molecule has 0 radical (unpaired) electrons. The Morgan fingerprint density at radius 1 is 1.29 bits per heavy atom. The molecule has 2 aromatic rings. The van der Waals surface area contributed by atoms with Crippen LogP contribution in [0.5, 0.6) is 0 Å². The van der Waals surface area contributed by atoms with Gasteiger partial charge in [-0.2, -0.15) is 0 Å². The maximum Gasteiger partial charge on any atom is 0.272 e. The number of aryl methyl sites for hydroxylation is 1. The van der Waals surface area contributed by atoms with Crippen LogP contribution < -0.4 is 5.32 Å². The molecule has 1 amide bonds. The molecule has 0 saturated heterocycles. The summed E-state index contributed by atoms with van der Waals surface area (Å²) in [6.07, 6.45) is 2.16. The first-order valence-electron chi connectivity index (χ1n) is 7.01. The number of benzene rings is 1. The number of carbonyl (C=O) groups is 1. The summed E-state index contributed by atoms with van der Waals surface area (Å²) in [5.41, 5.74) is 3.03. The first-order chi connectivity index (χ1) is 10.0. The second-order valence-corrected chi connectivity index (χ2v) is 5.89. The van der Waals surface area contributed by atoms with E-state index in [0.717, 1.165) is 30.5 Å². The van der Waals surface area contributed by atoms with Crippen molar-refractivity contribution in [2.45, 2.75) is 25.8 Å². The van der Waals surface area contributed by atoms with Gasteiger partial charge in [-0.3, -0.25) is 4.79 Å². The molecule has 108 valence electrons. The van der Waals surface area contributed by atoms with Crippen LogP contribution in [-0.2, 0) is 6.42 Å². The SMILES string of the molecule is Cc1cc2n(c1C(=O)Nc1ccc(F)c(F)c1)C1CC1C2. The molecule has 1 fully saturated rings. The molecule has 5 heteroatoms. The van der Waals surface area contributed by atoms with Crippen LogP contribution in [0.4, 0.5) is 14.5 Å². The number of hydrogen-bond donors (Lipinski definition) is 1. The fraction of sp³-hybridized carbons (Fsp3) is 0.312. The average Bonchev–Trinajstić information content (AvgIpc) is 2.97. The predicted molar refractivity (Wildman–Crippen MR) is 74.3 cm³/mol. The number of halogens is 2. The van der Waals surface area contributed by atoms with Gasteiger partial charge in [0.25, 0.3) is 5.91 Å². The average molecular weight is 288 g/mol. The van der Waals surface area contributed by atoms with Gasteiger partial charge in [0, 0.05) is 23.5 Å². The summed E-state index contributed by atoms with van der Waals surface area (Å²) in [5.74, 6) is -1.48. The molecule has 4 rings (SSSR count). The minimum Gasteiger partial charge on any atom is -0.337 e. The molecule has 3 nitrogen and oxygen atoms in total. The molecule has 1 aliphatic heterocycles. The number of carbonyl (C=O) groups excluding carboxylic acids is 1. The van der Waals surface area contributed by atoms with E-state index in [-0.39, 0.29) is 11.6 Å². The molecule has 1 aromatic carbocycles. The van der Waals surface area contributed by atoms with Crippen LogP contribution in [0.15, 0.2) is 24.3 Å². The summed E-state index contributed by atoms with van der Waals surface area (Å²) in [7, 11) is 0. The van der Waals surface area contributed by atoms with Crippen molar-refractivity contribution in [3.63, 3.8) is 0 Å². The molecule has 1 aromatic heterocycles. The van der Waals surface area contributed by atoms with Gasteiger partial charge in [-0.1, -0.05) is 0 Å². The van der Waals surface area contributed by atoms with E-state index in [1.165, 1.54) is 11.8 Å². The van der Waals surface area contributed by atoms with Gasteiger partial charge in [0.2, 0.25) is 0 Å². The molecule has 1 saturated carbocycles.